The number of nitrogens with zero attached hydrogens (tertiary/aromatic N) is 2. The van der Waals surface area contributed by atoms with Crippen LogP contribution in [0.15, 0.2) is 71.3 Å². The van der Waals surface area contributed by atoms with Crippen molar-refractivity contribution in [1.29, 1.82) is 0 Å². The van der Waals surface area contributed by atoms with Crippen molar-refractivity contribution in [1.82, 2.24) is 15.3 Å². The van der Waals surface area contributed by atoms with Gasteiger partial charge in [-0.2, -0.15) is 4.98 Å². The van der Waals surface area contributed by atoms with Crippen LogP contribution in [0.4, 0.5) is 5.69 Å². The van der Waals surface area contributed by atoms with Gasteiger partial charge in [0.15, 0.2) is 16.3 Å². The van der Waals surface area contributed by atoms with E-state index in [1.807, 2.05) is 30.3 Å². The van der Waals surface area contributed by atoms with Crippen molar-refractivity contribution in [2.45, 2.75) is 19.8 Å². The maximum atomic E-state index is 12.4. The van der Waals surface area contributed by atoms with Crippen LogP contribution in [0.1, 0.15) is 30.1 Å². The molecule has 0 fully saturated rings. The molecule has 8 heteroatoms. The van der Waals surface area contributed by atoms with E-state index in [4.69, 9.17) is 21.4 Å². The van der Waals surface area contributed by atoms with Crippen molar-refractivity contribution in [2.75, 3.05) is 11.9 Å². The highest BCUT2D eigenvalue weighted by Gasteiger charge is 2.10. The maximum Gasteiger partial charge on any atom is 0.257 e. The summed E-state index contributed by atoms with van der Waals surface area (Å²) in [5, 5.41) is 5.89. The average Bonchev–Trinajstić information content (AvgIpc) is 3.24. The van der Waals surface area contributed by atoms with Gasteiger partial charge in [0.25, 0.3) is 5.91 Å². The number of carbonyl (C=O) groups is 1. The highest BCUT2D eigenvalue weighted by molar-refractivity contribution is 7.80. The van der Waals surface area contributed by atoms with Crippen LogP contribution in [0.5, 0.6) is 5.75 Å². The highest BCUT2D eigenvalue weighted by atomic mass is 32.1. The van der Waals surface area contributed by atoms with E-state index in [1.165, 1.54) is 0 Å². The summed E-state index contributed by atoms with van der Waals surface area (Å²) in [6.07, 6.45) is 3.74. The fourth-order valence-corrected chi connectivity index (χ4v) is 3.17. The van der Waals surface area contributed by atoms with Gasteiger partial charge < -0.3 is 14.5 Å². The first-order valence-corrected chi connectivity index (χ1v) is 10.7. The van der Waals surface area contributed by atoms with Gasteiger partial charge in [-0.3, -0.25) is 10.1 Å². The van der Waals surface area contributed by atoms with Gasteiger partial charge in [0.2, 0.25) is 5.89 Å². The molecule has 0 spiro atoms. The molecule has 4 rings (SSSR count). The number of ether oxygens (including phenoxy) is 1. The second-order valence-corrected chi connectivity index (χ2v) is 7.46. The van der Waals surface area contributed by atoms with Crippen molar-refractivity contribution in [3.8, 4) is 17.2 Å². The van der Waals surface area contributed by atoms with Gasteiger partial charge in [-0.25, -0.2) is 4.98 Å². The molecule has 1 amide bonds. The smallest absolute Gasteiger partial charge is 0.257 e. The van der Waals surface area contributed by atoms with Crippen LogP contribution in [-0.2, 0) is 0 Å². The molecule has 0 radical (unpaired) electrons. The molecule has 32 heavy (non-hydrogen) atoms. The molecule has 0 saturated carbocycles. The van der Waals surface area contributed by atoms with Gasteiger partial charge in [0.05, 0.1) is 6.61 Å². The Kier molecular flexibility index (Phi) is 6.72. The predicted octanol–water partition coefficient (Wildman–Crippen LogP) is 5.20. The van der Waals surface area contributed by atoms with E-state index in [2.05, 4.69) is 27.5 Å². The summed E-state index contributed by atoms with van der Waals surface area (Å²) in [7, 11) is 0. The highest BCUT2D eigenvalue weighted by Crippen LogP contribution is 2.24. The molecule has 7 nitrogen and oxygen atoms in total. The van der Waals surface area contributed by atoms with E-state index in [0.717, 1.165) is 29.8 Å². The number of unbranched alkanes of at least 4 members (excludes halogenated alkanes) is 1. The molecule has 2 aromatic carbocycles. The number of hydrogen-bond acceptors (Lipinski definition) is 6. The summed E-state index contributed by atoms with van der Waals surface area (Å²) in [5.74, 6) is 0.937. The van der Waals surface area contributed by atoms with Crippen molar-refractivity contribution in [3.05, 3.63) is 72.4 Å². The number of anilines is 1. The molecule has 0 bridgehead atoms. The molecular formula is C24H22N4O3S. The minimum atomic E-state index is -0.293. The fourth-order valence-electron chi connectivity index (χ4n) is 2.96. The average molecular weight is 447 g/mol. The number of benzene rings is 2. The van der Waals surface area contributed by atoms with Gasteiger partial charge in [-0.05, 0) is 79.3 Å². The largest absolute Gasteiger partial charge is 0.494 e. The van der Waals surface area contributed by atoms with Crippen LogP contribution in [-0.4, -0.2) is 27.6 Å². The quantitative estimate of drug-likeness (QED) is 0.298. The molecule has 2 aromatic heterocycles. The van der Waals surface area contributed by atoms with Gasteiger partial charge in [0, 0.05) is 23.0 Å². The van der Waals surface area contributed by atoms with E-state index < -0.39 is 0 Å². The molecule has 2 N–H and O–H groups in total. The number of oxazole rings is 1. The lowest BCUT2D eigenvalue weighted by Crippen LogP contribution is -2.34. The Morgan fingerprint density at radius 1 is 1.09 bits per heavy atom. The Morgan fingerprint density at radius 3 is 2.59 bits per heavy atom. The van der Waals surface area contributed by atoms with Gasteiger partial charge in [-0.15, -0.1) is 0 Å². The van der Waals surface area contributed by atoms with Crippen molar-refractivity contribution < 1.29 is 13.9 Å². The van der Waals surface area contributed by atoms with Crippen molar-refractivity contribution in [2.24, 2.45) is 0 Å². The number of thiocarbonyl (C=S) groups is 1. The summed E-state index contributed by atoms with van der Waals surface area (Å²) in [4.78, 5) is 21.0. The van der Waals surface area contributed by atoms with Crippen LogP contribution in [0.25, 0.3) is 22.7 Å². The summed E-state index contributed by atoms with van der Waals surface area (Å²) >= 11 is 5.27. The first-order chi connectivity index (χ1) is 15.6. The summed E-state index contributed by atoms with van der Waals surface area (Å²) in [5.41, 5.74) is 3.23. The van der Waals surface area contributed by atoms with E-state index in [0.29, 0.717) is 29.3 Å². The first-order valence-electron chi connectivity index (χ1n) is 10.3. The van der Waals surface area contributed by atoms with Crippen LogP contribution in [0.3, 0.4) is 0 Å². The van der Waals surface area contributed by atoms with E-state index in [-0.39, 0.29) is 11.0 Å². The number of amides is 1. The Hall–Kier alpha value is -3.78. The third-order valence-corrected chi connectivity index (χ3v) is 4.87. The Balaban J connectivity index is 1.33. The third-order valence-electron chi connectivity index (χ3n) is 4.66. The monoisotopic (exact) mass is 446 g/mol. The Morgan fingerprint density at radius 2 is 1.88 bits per heavy atom. The predicted molar refractivity (Wildman–Crippen MR) is 128 cm³/mol. The molecule has 0 aliphatic rings. The molecule has 0 aliphatic carbocycles. The summed E-state index contributed by atoms with van der Waals surface area (Å²) in [6.45, 7) is 2.77. The second-order valence-electron chi connectivity index (χ2n) is 7.06. The van der Waals surface area contributed by atoms with E-state index >= 15 is 0 Å². The fraction of sp³-hybridized carbons (Fsp3) is 0.167. The number of hydrogen-bond donors (Lipinski definition) is 2. The third kappa shape index (κ3) is 5.28. The lowest BCUT2D eigenvalue weighted by molar-refractivity contribution is 0.0977. The second kappa shape index (κ2) is 10.0. The molecule has 2 heterocycles. The lowest BCUT2D eigenvalue weighted by atomic mass is 10.2. The van der Waals surface area contributed by atoms with Crippen LogP contribution < -0.4 is 15.4 Å². The molecule has 0 atom stereocenters. The zero-order chi connectivity index (χ0) is 22.3. The standard InChI is InChI=1S/C24H22N4O3S/c1-2-3-15-30-19-12-8-16(9-13-19)22(29)28-24(32)26-18-10-6-17(7-11-18)23-27-21-20(31-23)5-4-14-25-21/h4-14H,2-3,15H2,1H3,(H2,26,28,29,32). The SMILES string of the molecule is CCCCOc1ccc(C(=O)NC(=S)Nc2ccc(-c3nc4ncccc4o3)cc2)cc1. The van der Waals surface area contributed by atoms with Gasteiger partial charge in [0.1, 0.15) is 5.75 Å². The van der Waals surface area contributed by atoms with Gasteiger partial charge >= 0.3 is 0 Å². The van der Waals surface area contributed by atoms with Crippen LogP contribution >= 0.6 is 12.2 Å². The Labute approximate surface area is 190 Å². The normalized spacial score (nSPS) is 10.7. The number of rotatable bonds is 7. The molecule has 162 valence electrons. The molecule has 0 unspecified atom stereocenters. The summed E-state index contributed by atoms with van der Waals surface area (Å²) in [6, 6.07) is 18.0. The zero-order valence-corrected chi connectivity index (χ0v) is 18.3. The number of nitrogens with one attached hydrogen (secondary N) is 2. The first kappa shape index (κ1) is 21.5. The lowest BCUT2D eigenvalue weighted by Gasteiger charge is -2.10. The molecular weight excluding hydrogens is 424 g/mol. The molecule has 0 saturated heterocycles. The number of fused-ring (bicyclic) bond motifs is 1. The summed E-state index contributed by atoms with van der Waals surface area (Å²) < 4.78 is 11.3. The van der Waals surface area contributed by atoms with E-state index in [1.54, 1.807) is 36.5 Å². The number of aromatic nitrogens is 2. The Bertz CT molecular complexity index is 1190. The van der Waals surface area contributed by atoms with Crippen molar-refractivity contribution in [3.63, 3.8) is 0 Å². The van der Waals surface area contributed by atoms with Gasteiger partial charge in [-0.1, -0.05) is 13.3 Å². The maximum absolute atomic E-state index is 12.4. The molecule has 4 aromatic rings. The minimum absolute atomic E-state index is 0.206. The van der Waals surface area contributed by atoms with Crippen molar-refractivity contribution >= 4 is 40.2 Å². The number of carbonyl (C=O) groups excluding carboxylic acids is 1. The van der Waals surface area contributed by atoms with E-state index in [9.17, 15) is 4.79 Å². The zero-order valence-electron chi connectivity index (χ0n) is 17.5. The van der Waals surface area contributed by atoms with Crippen LogP contribution in [0, 0.1) is 0 Å². The number of pyridine rings is 1. The molecule has 0 aliphatic heterocycles. The topological polar surface area (TPSA) is 89.3 Å². The minimum Gasteiger partial charge on any atom is -0.494 e. The van der Waals surface area contributed by atoms with Crippen LogP contribution in [0.2, 0.25) is 0 Å².